The molecule has 0 unspecified atom stereocenters. The van der Waals surface area contributed by atoms with Crippen molar-refractivity contribution in [3.05, 3.63) is 66.2 Å². The molecule has 2 bridgehead atoms. The average molecular weight is 406 g/mol. The van der Waals surface area contributed by atoms with Crippen LogP contribution in [0.1, 0.15) is 16.8 Å². The third-order valence-electron chi connectivity index (χ3n) is 5.80. The van der Waals surface area contributed by atoms with Crippen molar-refractivity contribution < 1.29 is 24.2 Å². The minimum Gasteiger partial charge on any atom is -0.494 e. The summed E-state index contributed by atoms with van der Waals surface area (Å²) in [6.07, 6.45) is 4.54. The number of benzene rings is 2. The number of ether oxygens (including phenoxy) is 1. The van der Waals surface area contributed by atoms with Gasteiger partial charge in [0.05, 0.1) is 24.6 Å². The van der Waals surface area contributed by atoms with E-state index in [1.807, 2.05) is 18.2 Å². The topological polar surface area (TPSA) is 105 Å². The van der Waals surface area contributed by atoms with Gasteiger partial charge >= 0.3 is 5.97 Å². The number of carboxylic acid groups (broad SMARTS) is 1. The molecule has 0 heterocycles. The normalized spacial score (nSPS) is 23.8. The van der Waals surface area contributed by atoms with E-state index in [-0.39, 0.29) is 23.7 Å². The summed E-state index contributed by atoms with van der Waals surface area (Å²) in [5.41, 5.74) is 1.46. The van der Waals surface area contributed by atoms with Crippen molar-refractivity contribution in [3.8, 4) is 5.75 Å². The Morgan fingerprint density at radius 3 is 2.33 bits per heavy atom. The van der Waals surface area contributed by atoms with Gasteiger partial charge in [0, 0.05) is 17.3 Å². The molecular formula is C23H22N2O5. The molecule has 2 aromatic rings. The van der Waals surface area contributed by atoms with E-state index in [2.05, 4.69) is 10.6 Å². The molecule has 0 aliphatic heterocycles. The molecule has 1 fully saturated rings. The number of anilines is 2. The highest BCUT2D eigenvalue weighted by atomic mass is 16.5. The summed E-state index contributed by atoms with van der Waals surface area (Å²) in [6, 6.07) is 13.7. The number of fused-ring (bicyclic) bond motifs is 2. The van der Waals surface area contributed by atoms with Crippen LogP contribution < -0.4 is 15.4 Å². The molecule has 2 aliphatic rings. The van der Waals surface area contributed by atoms with E-state index < -0.39 is 17.8 Å². The average Bonchev–Trinajstić information content (AvgIpc) is 3.37. The van der Waals surface area contributed by atoms with Crippen LogP contribution in [-0.4, -0.2) is 30.0 Å². The minimum atomic E-state index is -0.941. The van der Waals surface area contributed by atoms with E-state index in [0.717, 1.165) is 0 Å². The summed E-state index contributed by atoms with van der Waals surface area (Å²) in [5.74, 6) is -2.59. The van der Waals surface area contributed by atoms with Crippen LogP contribution in [0, 0.1) is 23.7 Å². The van der Waals surface area contributed by atoms with Crippen LogP contribution >= 0.6 is 0 Å². The van der Waals surface area contributed by atoms with E-state index in [4.69, 9.17) is 4.74 Å². The SMILES string of the molecule is COc1cc(NC(=O)[C@@H]2[C@@H](C(=O)O)[C@H]3C=C[C@@H]2C3)ccc1NC(=O)c1ccccc1. The monoisotopic (exact) mass is 406 g/mol. The molecule has 2 aliphatic carbocycles. The van der Waals surface area contributed by atoms with Crippen LogP contribution in [0.15, 0.2) is 60.7 Å². The quantitative estimate of drug-likeness (QED) is 0.638. The van der Waals surface area contributed by atoms with Gasteiger partial charge in [-0.05, 0) is 42.5 Å². The largest absolute Gasteiger partial charge is 0.494 e. The Bertz CT molecular complexity index is 1020. The van der Waals surface area contributed by atoms with Gasteiger partial charge in [-0.1, -0.05) is 30.4 Å². The Balaban J connectivity index is 1.49. The van der Waals surface area contributed by atoms with Crippen molar-refractivity contribution in [2.75, 3.05) is 17.7 Å². The molecule has 2 aromatic carbocycles. The van der Waals surface area contributed by atoms with Crippen molar-refractivity contribution in [1.82, 2.24) is 0 Å². The smallest absolute Gasteiger partial charge is 0.307 e. The second kappa shape index (κ2) is 8.02. The Kier molecular flexibility index (Phi) is 5.27. The van der Waals surface area contributed by atoms with Crippen molar-refractivity contribution in [3.63, 3.8) is 0 Å². The lowest BCUT2D eigenvalue weighted by Gasteiger charge is -2.24. The van der Waals surface area contributed by atoms with Gasteiger partial charge in [-0.3, -0.25) is 14.4 Å². The predicted molar refractivity (Wildman–Crippen MR) is 111 cm³/mol. The summed E-state index contributed by atoms with van der Waals surface area (Å²) in [6.45, 7) is 0. The highest BCUT2D eigenvalue weighted by Crippen LogP contribution is 2.48. The Morgan fingerprint density at radius 2 is 1.67 bits per heavy atom. The molecule has 0 saturated heterocycles. The minimum absolute atomic E-state index is 0.0533. The van der Waals surface area contributed by atoms with Gasteiger partial charge < -0.3 is 20.5 Å². The number of carbonyl (C=O) groups is 3. The molecule has 7 heteroatoms. The Labute approximate surface area is 173 Å². The first kappa shape index (κ1) is 19.7. The summed E-state index contributed by atoms with van der Waals surface area (Å²) in [5, 5.41) is 15.1. The first-order valence-corrected chi connectivity index (χ1v) is 9.74. The first-order valence-electron chi connectivity index (χ1n) is 9.74. The van der Waals surface area contributed by atoms with Crippen LogP contribution in [0.2, 0.25) is 0 Å². The van der Waals surface area contributed by atoms with Crippen LogP contribution in [0.25, 0.3) is 0 Å². The summed E-state index contributed by atoms with van der Waals surface area (Å²) in [7, 11) is 1.47. The van der Waals surface area contributed by atoms with Crippen molar-refractivity contribution in [1.29, 1.82) is 0 Å². The van der Waals surface area contributed by atoms with Crippen LogP contribution in [0.5, 0.6) is 5.75 Å². The van der Waals surface area contributed by atoms with E-state index >= 15 is 0 Å². The molecule has 154 valence electrons. The molecule has 7 nitrogen and oxygen atoms in total. The van der Waals surface area contributed by atoms with Gasteiger partial charge in [-0.25, -0.2) is 0 Å². The fourth-order valence-corrected chi connectivity index (χ4v) is 4.40. The lowest BCUT2D eigenvalue weighted by molar-refractivity contribution is -0.146. The maximum absolute atomic E-state index is 12.8. The number of rotatable bonds is 6. The molecule has 2 amide bonds. The second-order valence-corrected chi connectivity index (χ2v) is 7.56. The number of hydrogen-bond donors (Lipinski definition) is 3. The summed E-state index contributed by atoms with van der Waals surface area (Å²) in [4.78, 5) is 36.9. The fraction of sp³-hybridized carbons (Fsp3) is 0.261. The zero-order valence-electron chi connectivity index (χ0n) is 16.4. The lowest BCUT2D eigenvalue weighted by atomic mass is 9.82. The van der Waals surface area contributed by atoms with E-state index in [1.165, 1.54) is 7.11 Å². The van der Waals surface area contributed by atoms with Gasteiger partial charge in [0.2, 0.25) is 5.91 Å². The van der Waals surface area contributed by atoms with E-state index in [1.54, 1.807) is 42.5 Å². The third kappa shape index (κ3) is 3.66. The standard InChI is InChI=1S/C23H22N2O5/c1-30-18-12-16(9-10-17(18)25-21(26)13-5-3-2-4-6-13)24-22(27)19-14-7-8-15(11-14)20(19)23(28)29/h2-10,12,14-15,19-20H,11H2,1H3,(H,24,27)(H,25,26)(H,28,29)/t14-,15+,19+,20+/m1/s1. The number of amides is 2. The molecule has 0 aromatic heterocycles. The number of methoxy groups -OCH3 is 1. The second-order valence-electron chi connectivity index (χ2n) is 7.56. The molecule has 3 N–H and O–H groups in total. The van der Waals surface area contributed by atoms with Gasteiger partial charge in [-0.2, -0.15) is 0 Å². The highest BCUT2D eigenvalue weighted by Gasteiger charge is 2.51. The number of carbonyl (C=O) groups excluding carboxylic acids is 2. The zero-order chi connectivity index (χ0) is 21.3. The number of nitrogens with one attached hydrogen (secondary N) is 2. The highest BCUT2D eigenvalue weighted by molar-refractivity contribution is 6.05. The molecule has 4 atom stereocenters. The zero-order valence-corrected chi connectivity index (χ0v) is 16.4. The number of carboxylic acids is 1. The van der Waals surface area contributed by atoms with Gasteiger partial charge in [-0.15, -0.1) is 0 Å². The van der Waals surface area contributed by atoms with Crippen molar-refractivity contribution in [2.24, 2.45) is 23.7 Å². The van der Waals surface area contributed by atoms with Gasteiger partial charge in [0.25, 0.3) is 5.91 Å². The molecule has 0 radical (unpaired) electrons. The molecular weight excluding hydrogens is 384 g/mol. The predicted octanol–water partition coefficient (Wildman–Crippen LogP) is 3.41. The van der Waals surface area contributed by atoms with E-state index in [0.29, 0.717) is 29.1 Å². The fourth-order valence-electron chi connectivity index (χ4n) is 4.40. The number of aliphatic carboxylic acids is 1. The van der Waals surface area contributed by atoms with Crippen LogP contribution in [-0.2, 0) is 9.59 Å². The summed E-state index contributed by atoms with van der Waals surface area (Å²) >= 11 is 0. The van der Waals surface area contributed by atoms with Crippen molar-refractivity contribution >= 4 is 29.2 Å². The molecule has 0 spiro atoms. The molecule has 4 rings (SSSR count). The van der Waals surface area contributed by atoms with Crippen LogP contribution in [0.4, 0.5) is 11.4 Å². The molecule has 30 heavy (non-hydrogen) atoms. The van der Waals surface area contributed by atoms with Gasteiger partial charge in [0.1, 0.15) is 5.75 Å². The third-order valence-corrected chi connectivity index (χ3v) is 5.80. The maximum Gasteiger partial charge on any atom is 0.307 e. The Hall–Kier alpha value is -3.61. The van der Waals surface area contributed by atoms with E-state index in [9.17, 15) is 19.5 Å². The summed E-state index contributed by atoms with van der Waals surface area (Å²) < 4.78 is 5.37. The lowest BCUT2D eigenvalue weighted by Crippen LogP contribution is -2.36. The number of allylic oxidation sites excluding steroid dienone is 2. The van der Waals surface area contributed by atoms with Crippen molar-refractivity contribution in [2.45, 2.75) is 6.42 Å². The number of hydrogen-bond acceptors (Lipinski definition) is 4. The first-order chi connectivity index (χ1) is 14.5. The maximum atomic E-state index is 12.8. The Morgan fingerprint density at radius 1 is 0.967 bits per heavy atom. The molecule has 1 saturated carbocycles. The van der Waals surface area contributed by atoms with Gasteiger partial charge in [0.15, 0.2) is 0 Å². The van der Waals surface area contributed by atoms with Crippen LogP contribution in [0.3, 0.4) is 0 Å².